The van der Waals surface area contributed by atoms with Crippen molar-refractivity contribution in [3.63, 3.8) is 0 Å². The molecule has 0 bridgehead atoms. The van der Waals surface area contributed by atoms with Crippen LogP contribution in [0.25, 0.3) is 0 Å². The summed E-state index contributed by atoms with van der Waals surface area (Å²) in [5.41, 5.74) is 1.77. The SMILES string of the molecule is Cc1cc(Br)cc(C(=O)NCC(Br)C(C)C)c1. The Morgan fingerprint density at radius 1 is 1.35 bits per heavy atom. The third-order valence-electron chi connectivity index (χ3n) is 2.49. The summed E-state index contributed by atoms with van der Waals surface area (Å²) in [4.78, 5) is 12.2. The Labute approximate surface area is 119 Å². The molecule has 1 atom stereocenters. The van der Waals surface area contributed by atoms with Crippen LogP contribution in [0.15, 0.2) is 22.7 Å². The zero-order chi connectivity index (χ0) is 13.0. The topological polar surface area (TPSA) is 29.1 Å². The molecule has 1 aromatic carbocycles. The molecule has 0 aliphatic rings. The van der Waals surface area contributed by atoms with Crippen LogP contribution in [-0.2, 0) is 0 Å². The minimum atomic E-state index is -0.0282. The van der Waals surface area contributed by atoms with Gasteiger partial charge in [-0.3, -0.25) is 4.79 Å². The number of benzene rings is 1. The Morgan fingerprint density at radius 3 is 2.53 bits per heavy atom. The van der Waals surface area contributed by atoms with E-state index in [1.165, 1.54) is 0 Å². The third-order valence-corrected chi connectivity index (χ3v) is 4.32. The summed E-state index contributed by atoms with van der Waals surface area (Å²) in [6, 6.07) is 5.71. The van der Waals surface area contributed by atoms with Gasteiger partial charge in [0.1, 0.15) is 0 Å². The van der Waals surface area contributed by atoms with Gasteiger partial charge < -0.3 is 5.32 Å². The van der Waals surface area contributed by atoms with E-state index in [0.29, 0.717) is 22.9 Å². The van der Waals surface area contributed by atoms with Gasteiger partial charge >= 0.3 is 0 Å². The summed E-state index contributed by atoms with van der Waals surface area (Å²) in [5.74, 6) is 0.471. The van der Waals surface area contributed by atoms with Crippen molar-refractivity contribution in [2.45, 2.75) is 25.6 Å². The van der Waals surface area contributed by atoms with Crippen LogP contribution in [-0.4, -0.2) is 17.3 Å². The van der Waals surface area contributed by atoms with Crippen LogP contribution in [0.1, 0.15) is 29.8 Å². The van der Waals surface area contributed by atoms with Crippen molar-refractivity contribution < 1.29 is 4.79 Å². The average molecular weight is 363 g/mol. The molecule has 0 radical (unpaired) electrons. The van der Waals surface area contributed by atoms with E-state index in [2.05, 4.69) is 51.0 Å². The number of rotatable bonds is 4. The fraction of sp³-hybridized carbons (Fsp3) is 0.462. The Balaban J connectivity index is 2.64. The molecule has 0 spiro atoms. The lowest BCUT2D eigenvalue weighted by molar-refractivity contribution is 0.0952. The van der Waals surface area contributed by atoms with Crippen molar-refractivity contribution in [3.05, 3.63) is 33.8 Å². The van der Waals surface area contributed by atoms with E-state index >= 15 is 0 Å². The molecule has 1 amide bonds. The van der Waals surface area contributed by atoms with Crippen LogP contribution in [0.2, 0.25) is 0 Å². The molecule has 0 aliphatic heterocycles. The van der Waals surface area contributed by atoms with Crippen LogP contribution >= 0.6 is 31.9 Å². The molecule has 0 heterocycles. The first-order valence-electron chi connectivity index (χ1n) is 5.59. The molecule has 4 heteroatoms. The van der Waals surface area contributed by atoms with Gasteiger partial charge in [-0.2, -0.15) is 0 Å². The number of aryl methyl sites for hydroxylation is 1. The molecular formula is C13H17Br2NO. The summed E-state index contributed by atoms with van der Waals surface area (Å²) in [6.45, 7) is 6.86. The highest BCUT2D eigenvalue weighted by molar-refractivity contribution is 9.10. The van der Waals surface area contributed by atoms with E-state index in [4.69, 9.17) is 0 Å². The van der Waals surface area contributed by atoms with Crippen molar-refractivity contribution in [2.24, 2.45) is 5.92 Å². The van der Waals surface area contributed by atoms with Gasteiger partial charge in [-0.05, 0) is 36.6 Å². The lowest BCUT2D eigenvalue weighted by Gasteiger charge is -2.14. The quantitative estimate of drug-likeness (QED) is 0.808. The summed E-state index contributed by atoms with van der Waals surface area (Å²) in [5, 5.41) is 2.93. The van der Waals surface area contributed by atoms with Crippen LogP contribution in [0.4, 0.5) is 0 Å². The Morgan fingerprint density at radius 2 is 2.00 bits per heavy atom. The van der Waals surface area contributed by atoms with E-state index in [1.807, 2.05) is 25.1 Å². The van der Waals surface area contributed by atoms with Gasteiger partial charge in [0.05, 0.1) is 0 Å². The van der Waals surface area contributed by atoms with Crippen LogP contribution < -0.4 is 5.32 Å². The maximum absolute atomic E-state index is 11.9. The molecule has 17 heavy (non-hydrogen) atoms. The number of amides is 1. The monoisotopic (exact) mass is 361 g/mol. The first-order valence-corrected chi connectivity index (χ1v) is 7.30. The molecule has 0 fully saturated rings. The first kappa shape index (κ1) is 14.7. The standard InChI is InChI=1S/C13H17Br2NO/c1-8(2)12(15)7-16-13(17)10-4-9(3)5-11(14)6-10/h4-6,8,12H,7H2,1-3H3,(H,16,17). The molecule has 94 valence electrons. The number of nitrogens with one attached hydrogen (secondary N) is 1. The predicted molar refractivity (Wildman–Crippen MR) is 78.8 cm³/mol. The second-order valence-corrected chi connectivity index (χ2v) is 6.58. The number of carbonyl (C=O) groups excluding carboxylic acids is 1. The molecule has 1 rings (SSSR count). The zero-order valence-electron chi connectivity index (χ0n) is 10.3. The lowest BCUT2D eigenvalue weighted by Crippen LogP contribution is -2.31. The lowest BCUT2D eigenvalue weighted by atomic mass is 10.1. The third kappa shape index (κ3) is 4.80. The van der Waals surface area contributed by atoms with E-state index in [1.54, 1.807) is 0 Å². The van der Waals surface area contributed by atoms with E-state index in [-0.39, 0.29) is 5.91 Å². The second kappa shape index (κ2) is 6.55. The maximum Gasteiger partial charge on any atom is 0.251 e. The van der Waals surface area contributed by atoms with Gasteiger partial charge in [0.2, 0.25) is 0 Å². The van der Waals surface area contributed by atoms with Crippen LogP contribution in [0, 0.1) is 12.8 Å². The Kier molecular flexibility index (Phi) is 5.67. The molecule has 2 nitrogen and oxygen atoms in total. The van der Waals surface area contributed by atoms with Gasteiger partial charge in [-0.15, -0.1) is 0 Å². The van der Waals surface area contributed by atoms with Gasteiger partial charge in [0.25, 0.3) is 5.91 Å². The number of halogens is 2. The van der Waals surface area contributed by atoms with Crippen molar-refractivity contribution in [3.8, 4) is 0 Å². The number of alkyl halides is 1. The molecule has 1 unspecified atom stereocenters. The predicted octanol–water partition coefficient (Wildman–Crippen LogP) is 3.91. The second-order valence-electron chi connectivity index (χ2n) is 4.49. The summed E-state index contributed by atoms with van der Waals surface area (Å²) < 4.78 is 0.932. The summed E-state index contributed by atoms with van der Waals surface area (Å²) >= 11 is 6.94. The highest BCUT2D eigenvalue weighted by atomic mass is 79.9. The van der Waals surface area contributed by atoms with Crippen molar-refractivity contribution in [1.82, 2.24) is 5.32 Å². The van der Waals surface area contributed by atoms with Gasteiger partial charge in [0, 0.05) is 21.4 Å². The highest BCUT2D eigenvalue weighted by Crippen LogP contribution is 2.16. The molecule has 1 N–H and O–H groups in total. The fourth-order valence-electron chi connectivity index (χ4n) is 1.40. The smallest absolute Gasteiger partial charge is 0.251 e. The number of carbonyl (C=O) groups is 1. The minimum absolute atomic E-state index is 0.0282. The number of hydrogen-bond donors (Lipinski definition) is 1. The van der Waals surface area contributed by atoms with Crippen LogP contribution in [0.5, 0.6) is 0 Å². The molecular weight excluding hydrogens is 346 g/mol. The molecule has 0 aromatic heterocycles. The molecule has 0 saturated carbocycles. The Bertz CT molecular complexity index is 384. The number of hydrogen-bond acceptors (Lipinski definition) is 1. The average Bonchev–Trinajstić information content (AvgIpc) is 2.23. The van der Waals surface area contributed by atoms with E-state index in [0.717, 1.165) is 10.0 Å². The van der Waals surface area contributed by atoms with Crippen molar-refractivity contribution >= 4 is 37.8 Å². The zero-order valence-corrected chi connectivity index (χ0v) is 13.4. The fourth-order valence-corrected chi connectivity index (χ4v) is 2.16. The van der Waals surface area contributed by atoms with Gasteiger partial charge in [0.15, 0.2) is 0 Å². The largest absolute Gasteiger partial charge is 0.351 e. The Hall–Kier alpha value is -0.350. The van der Waals surface area contributed by atoms with Gasteiger partial charge in [-0.25, -0.2) is 0 Å². The van der Waals surface area contributed by atoms with Crippen LogP contribution in [0.3, 0.4) is 0 Å². The molecule has 1 aromatic rings. The normalized spacial score (nSPS) is 12.6. The summed E-state index contributed by atoms with van der Waals surface area (Å²) in [7, 11) is 0. The minimum Gasteiger partial charge on any atom is -0.351 e. The molecule has 0 saturated heterocycles. The highest BCUT2D eigenvalue weighted by Gasteiger charge is 2.12. The van der Waals surface area contributed by atoms with E-state index < -0.39 is 0 Å². The van der Waals surface area contributed by atoms with E-state index in [9.17, 15) is 4.79 Å². The summed E-state index contributed by atoms with van der Waals surface area (Å²) in [6.07, 6.45) is 0. The first-order chi connectivity index (χ1) is 7.90. The van der Waals surface area contributed by atoms with Crippen molar-refractivity contribution in [2.75, 3.05) is 6.54 Å². The maximum atomic E-state index is 11.9. The molecule has 0 aliphatic carbocycles. The van der Waals surface area contributed by atoms with Gasteiger partial charge in [-0.1, -0.05) is 45.7 Å². The van der Waals surface area contributed by atoms with Crippen molar-refractivity contribution in [1.29, 1.82) is 0 Å².